The van der Waals surface area contributed by atoms with Crippen LogP contribution in [-0.2, 0) is 6.54 Å². The Labute approximate surface area is 124 Å². The van der Waals surface area contributed by atoms with Crippen LogP contribution >= 0.6 is 0 Å². The number of likely N-dealkylation sites (tertiary alicyclic amines) is 1. The Bertz CT molecular complexity index is 422. The van der Waals surface area contributed by atoms with Gasteiger partial charge in [-0.3, -0.25) is 0 Å². The summed E-state index contributed by atoms with van der Waals surface area (Å²) in [4.78, 5) is 5.02. The zero-order valence-electron chi connectivity index (χ0n) is 13.4. The molecule has 1 N–H and O–H groups in total. The molecule has 1 fully saturated rings. The van der Waals surface area contributed by atoms with Gasteiger partial charge < -0.3 is 15.1 Å². The van der Waals surface area contributed by atoms with Gasteiger partial charge >= 0.3 is 0 Å². The highest BCUT2D eigenvalue weighted by molar-refractivity contribution is 5.51. The largest absolute Gasteiger partial charge is 0.372 e. The fourth-order valence-electron chi connectivity index (χ4n) is 3.12. The Kier molecular flexibility index (Phi) is 5.44. The Hall–Kier alpha value is -1.06. The van der Waals surface area contributed by atoms with Gasteiger partial charge in [-0.2, -0.15) is 0 Å². The average Bonchev–Trinajstić information content (AvgIpc) is 2.49. The minimum absolute atomic E-state index is 0.687. The quantitative estimate of drug-likeness (QED) is 0.891. The molecule has 1 aromatic rings. The third-order valence-electron chi connectivity index (χ3n) is 4.65. The van der Waals surface area contributed by atoms with E-state index in [1.165, 1.54) is 49.3 Å². The molecule has 0 spiro atoms. The summed E-state index contributed by atoms with van der Waals surface area (Å²) >= 11 is 0. The van der Waals surface area contributed by atoms with E-state index in [4.69, 9.17) is 0 Å². The fourth-order valence-corrected chi connectivity index (χ4v) is 3.12. The molecule has 0 amide bonds. The summed E-state index contributed by atoms with van der Waals surface area (Å²) in [5.74, 6) is 0. The number of rotatable bonds is 5. The maximum atomic E-state index is 3.23. The van der Waals surface area contributed by atoms with Crippen molar-refractivity contribution in [2.24, 2.45) is 0 Å². The molecular formula is C17H29N3. The summed E-state index contributed by atoms with van der Waals surface area (Å²) in [5, 5.41) is 3.23. The van der Waals surface area contributed by atoms with E-state index < -0.39 is 0 Å². The van der Waals surface area contributed by atoms with Gasteiger partial charge in [-0.1, -0.05) is 13.0 Å². The van der Waals surface area contributed by atoms with Gasteiger partial charge in [0, 0.05) is 38.4 Å². The number of piperidine rings is 1. The smallest absolute Gasteiger partial charge is 0.0368 e. The van der Waals surface area contributed by atoms with Gasteiger partial charge in [0.25, 0.3) is 0 Å². The molecule has 112 valence electrons. The Balaban J connectivity index is 2.02. The molecule has 2 rings (SSSR count). The highest BCUT2D eigenvalue weighted by Gasteiger charge is 2.21. The average molecular weight is 275 g/mol. The van der Waals surface area contributed by atoms with Crippen molar-refractivity contribution in [1.29, 1.82) is 0 Å². The number of benzene rings is 1. The molecule has 0 unspecified atom stereocenters. The first-order chi connectivity index (χ1) is 9.65. The van der Waals surface area contributed by atoms with Crippen LogP contribution in [0.15, 0.2) is 18.2 Å². The molecule has 1 saturated heterocycles. The first-order valence-corrected chi connectivity index (χ1v) is 7.85. The summed E-state index contributed by atoms with van der Waals surface area (Å²) in [6.07, 6.45) is 2.56. The summed E-state index contributed by atoms with van der Waals surface area (Å²) in [6, 6.07) is 7.55. The molecular weight excluding hydrogens is 246 g/mol. The van der Waals surface area contributed by atoms with E-state index in [0.29, 0.717) is 6.04 Å². The topological polar surface area (TPSA) is 18.5 Å². The minimum atomic E-state index is 0.687. The van der Waals surface area contributed by atoms with Gasteiger partial charge in [-0.05, 0) is 56.6 Å². The van der Waals surface area contributed by atoms with Crippen molar-refractivity contribution in [3.8, 4) is 0 Å². The maximum absolute atomic E-state index is 3.23. The van der Waals surface area contributed by atoms with Crippen molar-refractivity contribution in [1.82, 2.24) is 10.2 Å². The Morgan fingerprint density at radius 1 is 1.30 bits per heavy atom. The predicted molar refractivity (Wildman–Crippen MR) is 87.5 cm³/mol. The Morgan fingerprint density at radius 2 is 2.00 bits per heavy atom. The summed E-state index contributed by atoms with van der Waals surface area (Å²) < 4.78 is 0. The van der Waals surface area contributed by atoms with Gasteiger partial charge in [0.1, 0.15) is 0 Å². The molecule has 0 bridgehead atoms. The van der Waals surface area contributed by atoms with Crippen LogP contribution in [0.25, 0.3) is 0 Å². The third-order valence-corrected chi connectivity index (χ3v) is 4.65. The lowest BCUT2D eigenvalue weighted by Crippen LogP contribution is -2.43. The lowest BCUT2D eigenvalue weighted by molar-refractivity contribution is 0.221. The summed E-state index contributed by atoms with van der Waals surface area (Å²) in [6.45, 7) is 9.08. The van der Waals surface area contributed by atoms with Crippen LogP contribution in [0.2, 0.25) is 0 Å². The van der Waals surface area contributed by atoms with E-state index in [1.807, 2.05) is 7.05 Å². The van der Waals surface area contributed by atoms with Gasteiger partial charge in [0.2, 0.25) is 0 Å². The van der Waals surface area contributed by atoms with Crippen molar-refractivity contribution in [3.63, 3.8) is 0 Å². The van der Waals surface area contributed by atoms with E-state index >= 15 is 0 Å². The molecule has 0 aliphatic carbocycles. The summed E-state index contributed by atoms with van der Waals surface area (Å²) in [5.41, 5.74) is 4.14. The zero-order chi connectivity index (χ0) is 14.5. The van der Waals surface area contributed by atoms with Crippen molar-refractivity contribution < 1.29 is 0 Å². The molecule has 20 heavy (non-hydrogen) atoms. The number of aryl methyl sites for hydroxylation is 1. The summed E-state index contributed by atoms with van der Waals surface area (Å²) in [7, 11) is 4.25. The van der Waals surface area contributed by atoms with Crippen LogP contribution in [0.5, 0.6) is 0 Å². The van der Waals surface area contributed by atoms with Gasteiger partial charge in [0.15, 0.2) is 0 Å². The molecule has 0 saturated carbocycles. The monoisotopic (exact) mass is 275 g/mol. The van der Waals surface area contributed by atoms with Crippen LogP contribution in [0.3, 0.4) is 0 Å². The number of nitrogens with zero attached hydrogens (tertiary/aromatic N) is 2. The molecule has 0 atom stereocenters. The van der Waals surface area contributed by atoms with Crippen molar-refractivity contribution in [3.05, 3.63) is 29.3 Å². The van der Waals surface area contributed by atoms with Crippen LogP contribution in [0.1, 0.15) is 30.9 Å². The molecule has 3 heteroatoms. The highest BCUT2D eigenvalue weighted by Crippen LogP contribution is 2.24. The lowest BCUT2D eigenvalue weighted by Gasteiger charge is -2.37. The van der Waals surface area contributed by atoms with Crippen molar-refractivity contribution in [2.75, 3.05) is 38.6 Å². The van der Waals surface area contributed by atoms with Crippen LogP contribution in [-0.4, -0.2) is 44.7 Å². The van der Waals surface area contributed by atoms with E-state index in [9.17, 15) is 0 Å². The first-order valence-electron chi connectivity index (χ1n) is 7.85. The first kappa shape index (κ1) is 15.3. The molecule has 1 aliphatic heterocycles. The van der Waals surface area contributed by atoms with E-state index in [-0.39, 0.29) is 0 Å². The molecule has 0 radical (unpaired) electrons. The van der Waals surface area contributed by atoms with Gasteiger partial charge in [-0.15, -0.1) is 0 Å². The Morgan fingerprint density at radius 3 is 2.55 bits per heavy atom. The molecule has 1 aromatic carbocycles. The maximum Gasteiger partial charge on any atom is 0.0368 e. The molecule has 1 aliphatic rings. The molecule has 3 nitrogen and oxygen atoms in total. The zero-order valence-corrected chi connectivity index (χ0v) is 13.4. The van der Waals surface area contributed by atoms with Gasteiger partial charge in [0.05, 0.1) is 0 Å². The van der Waals surface area contributed by atoms with E-state index in [1.54, 1.807) is 0 Å². The van der Waals surface area contributed by atoms with Gasteiger partial charge in [-0.25, -0.2) is 0 Å². The van der Waals surface area contributed by atoms with Crippen molar-refractivity contribution >= 4 is 5.69 Å². The predicted octanol–water partition coefficient (Wildman–Crippen LogP) is 2.63. The molecule has 0 aromatic heterocycles. The second-order valence-electron chi connectivity index (χ2n) is 5.92. The third kappa shape index (κ3) is 3.53. The highest BCUT2D eigenvalue weighted by atomic mass is 15.2. The van der Waals surface area contributed by atoms with Crippen LogP contribution < -0.4 is 10.2 Å². The van der Waals surface area contributed by atoms with E-state index in [2.05, 4.69) is 54.2 Å². The van der Waals surface area contributed by atoms with Crippen LogP contribution in [0.4, 0.5) is 5.69 Å². The second kappa shape index (κ2) is 7.09. The fraction of sp³-hybridized carbons (Fsp3) is 0.647. The number of hydrogen-bond donors (Lipinski definition) is 1. The second-order valence-corrected chi connectivity index (χ2v) is 5.92. The number of anilines is 1. The SMILES string of the molecule is CCN1CCC(N(C)c2ccc(CNC)c(C)c2)CC1. The minimum Gasteiger partial charge on any atom is -0.372 e. The lowest BCUT2D eigenvalue weighted by atomic mass is 10.0. The molecule has 1 heterocycles. The number of hydrogen-bond acceptors (Lipinski definition) is 3. The van der Waals surface area contributed by atoms with Crippen LogP contribution in [0, 0.1) is 6.92 Å². The van der Waals surface area contributed by atoms with E-state index in [0.717, 1.165) is 6.54 Å². The standard InChI is InChI=1S/C17H29N3/c1-5-20-10-8-16(9-11-20)19(4)17-7-6-15(13-18-3)14(2)12-17/h6-7,12,16,18H,5,8-11,13H2,1-4H3. The van der Waals surface area contributed by atoms with Crippen molar-refractivity contribution in [2.45, 2.75) is 39.3 Å². The normalized spacial score (nSPS) is 17.4. The number of nitrogens with one attached hydrogen (secondary N) is 1.